The zero-order valence-electron chi connectivity index (χ0n) is 15.0. The van der Waals surface area contributed by atoms with Crippen LogP contribution in [0.25, 0.3) is 10.8 Å². The summed E-state index contributed by atoms with van der Waals surface area (Å²) in [6.45, 7) is 3.66. The van der Waals surface area contributed by atoms with Crippen LogP contribution in [0.4, 0.5) is 5.69 Å². The van der Waals surface area contributed by atoms with E-state index in [4.69, 9.17) is 10.2 Å². The minimum atomic E-state index is -0.402. The van der Waals surface area contributed by atoms with Gasteiger partial charge in [-0.1, -0.05) is 24.3 Å². The number of benzene rings is 1. The predicted octanol–water partition coefficient (Wildman–Crippen LogP) is 3.72. The van der Waals surface area contributed by atoms with Crippen molar-refractivity contribution in [2.75, 3.05) is 4.90 Å². The quantitative estimate of drug-likeness (QED) is 0.749. The first-order valence-corrected chi connectivity index (χ1v) is 9.58. The van der Waals surface area contributed by atoms with Crippen molar-refractivity contribution in [3.8, 4) is 10.8 Å². The van der Waals surface area contributed by atoms with Gasteiger partial charge < -0.3 is 15.1 Å². The van der Waals surface area contributed by atoms with E-state index in [-0.39, 0.29) is 23.6 Å². The fourth-order valence-corrected chi connectivity index (χ4v) is 4.26. The van der Waals surface area contributed by atoms with Gasteiger partial charge in [0.25, 0.3) is 5.91 Å². The molecule has 0 spiro atoms. The van der Waals surface area contributed by atoms with Crippen LogP contribution in [0.1, 0.15) is 41.1 Å². The van der Waals surface area contributed by atoms with E-state index >= 15 is 0 Å². The highest BCUT2D eigenvalue weighted by atomic mass is 32.1. The molecule has 0 bridgehead atoms. The van der Waals surface area contributed by atoms with Crippen LogP contribution in [0.15, 0.2) is 46.2 Å². The topological polar surface area (TPSA) is 89.4 Å². The molecule has 6 nitrogen and oxygen atoms in total. The standard InChI is InChI=1S/C20H19N3O3S/c1-11-10-14(18(21)24)13-6-3-4-7-15(13)23(11)20(25)17-12(2)26-19(22-17)16-8-5-9-27-16/h3-9,11,14H,10H2,1-2H3,(H2,21,24)/t11-,14+/m1/s1. The van der Waals surface area contributed by atoms with Crippen LogP contribution in [0.3, 0.4) is 0 Å². The van der Waals surface area contributed by atoms with E-state index in [0.717, 1.165) is 10.4 Å². The van der Waals surface area contributed by atoms with Crippen LogP contribution in [0.2, 0.25) is 0 Å². The van der Waals surface area contributed by atoms with E-state index in [1.807, 2.05) is 48.7 Å². The Morgan fingerprint density at radius 3 is 2.74 bits per heavy atom. The highest BCUT2D eigenvalue weighted by Crippen LogP contribution is 2.39. The number of para-hydroxylation sites is 1. The number of aromatic nitrogens is 1. The van der Waals surface area contributed by atoms with E-state index in [0.29, 0.717) is 23.8 Å². The van der Waals surface area contributed by atoms with Gasteiger partial charge in [0.15, 0.2) is 5.69 Å². The largest absolute Gasteiger partial charge is 0.440 e. The lowest BCUT2D eigenvalue weighted by Gasteiger charge is -2.38. The average molecular weight is 381 g/mol. The fourth-order valence-electron chi connectivity index (χ4n) is 3.61. The Balaban J connectivity index is 1.76. The van der Waals surface area contributed by atoms with Crippen LogP contribution in [0.5, 0.6) is 0 Å². The van der Waals surface area contributed by atoms with E-state index < -0.39 is 5.92 Å². The lowest BCUT2D eigenvalue weighted by molar-refractivity contribution is -0.119. The van der Waals surface area contributed by atoms with Gasteiger partial charge in [0.05, 0.1) is 10.8 Å². The molecule has 138 valence electrons. The molecule has 0 fully saturated rings. The van der Waals surface area contributed by atoms with Crippen molar-refractivity contribution in [1.82, 2.24) is 4.98 Å². The molecular weight excluding hydrogens is 362 g/mol. The number of oxazole rings is 1. The van der Waals surface area contributed by atoms with Crippen molar-refractivity contribution in [3.05, 3.63) is 58.8 Å². The molecular formula is C20H19N3O3S. The Morgan fingerprint density at radius 1 is 1.26 bits per heavy atom. The number of thiophene rings is 1. The SMILES string of the molecule is Cc1oc(-c2cccs2)nc1C(=O)N1c2ccccc2[C@@H](C(N)=O)C[C@H]1C. The maximum absolute atomic E-state index is 13.3. The summed E-state index contributed by atoms with van der Waals surface area (Å²) in [4.78, 5) is 32.2. The molecule has 2 amide bonds. The van der Waals surface area contributed by atoms with Crippen LogP contribution in [-0.2, 0) is 4.79 Å². The van der Waals surface area contributed by atoms with Crippen molar-refractivity contribution < 1.29 is 14.0 Å². The molecule has 2 atom stereocenters. The highest BCUT2D eigenvalue weighted by Gasteiger charge is 2.37. The highest BCUT2D eigenvalue weighted by molar-refractivity contribution is 7.13. The normalized spacial score (nSPS) is 19.0. The summed E-state index contributed by atoms with van der Waals surface area (Å²) in [7, 11) is 0. The molecule has 7 heteroatoms. The number of primary amides is 1. The van der Waals surface area contributed by atoms with Gasteiger partial charge in [-0.2, -0.15) is 0 Å². The predicted molar refractivity (Wildman–Crippen MR) is 104 cm³/mol. The second-order valence-corrected chi connectivity index (χ2v) is 7.62. The van der Waals surface area contributed by atoms with E-state index in [9.17, 15) is 9.59 Å². The van der Waals surface area contributed by atoms with Gasteiger partial charge in [-0.25, -0.2) is 4.98 Å². The van der Waals surface area contributed by atoms with Gasteiger partial charge in [-0.05, 0) is 43.3 Å². The van der Waals surface area contributed by atoms with Crippen LogP contribution in [0, 0.1) is 6.92 Å². The number of amides is 2. The third kappa shape index (κ3) is 2.94. The molecule has 0 radical (unpaired) electrons. The van der Waals surface area contributed by atoms with Gasteiger partial charge in [0.2, 0.25) is 11.8 Å². The molecule has 1 aliphatic rings. The molecule has 0 unspecified atom stereocenters. The average Bonchev–Trinajstić information content (AvgIpc) is 3.30. The smallest absolute Gasteiger partial charge is 0.280 e. The third-order valence-corrected chi connectivity index (χ3v) is 5.74. The molecule has 27 heavy (non-hydrogen) atoms. The first-order valence-electron chi connectivity index (χ1n) is 8.70. The second kappa shape index (κ2) is 6.66. The number of anilines is 1. The van der Waals surface area contributed by atoms with Crippen molar-refractivity contribution in [3.63, 3.8) is 0 Å². The summed E-state index contributed by atoms with van der Waals surface area (Å²) >= 11 is 1.51. The first-order chi connectivity index (χ1) is 13.0. The molecule has 0 saturated heterocycles. The van der Waals surface area contributed by atoms with Gasteiger partial charge >= 0.3 is 0 Å². The Labute approximate surface area is 160 Å². The van der Waals surface area contributed by atoms with Gasteiger partial charge in [0.1, 0.15) is 5.76 Å². The Kier molecular flexibility index (Phi) is 4.31. The summed E-state index contributed by atoms with van der Waals surface area (Å²) in [5.74, 6) is -0.0924. The molecule has 1 aliphatic heterocycles. The summed E-state index contributed by atoms with van der Waals surface area (Å²) in [6, 6.07) is 11.0. The van der Waals surface area contributed by atoms with Crippen LogP contribution < -0.4 is 10.6 Å². The molecule has 4 rings (SSSR count). The number of carbonyl (C=O) groups is 2. The van der Waals surface area contributed by atoms with Crippen molar-refractivity contribution >= 4 is 28.8 Å². The van der Waals surface area contributed by atoms with Gasteiger partial charge in [0, 0.05) is 11.7 Å². The van der Waals surface area contributed by atoms with Crippen molar-refractivity contribution in [2.24, 2.45) is 5.73 Å². The van der Waals surface area contributed by atoms with E-state index in [2.05, 4.69) is 4.98 Å². The van der Waals surface area contributed by atoms with Crippen LogP contribution >= 0.6 is 11.3 Å². The molecule has 0 saturated carbocycles. The monoisotopic (exact) mass is 381 g/mol. The first kappa shape index (κ1) is 17.5. The Hall–Kier alpha value is -2.93. The number of nitrogens with two attached hydrogens (primary N) is 1. The third-order valence-electron chi connectivity index (χ3n) is 4.88. The minimum absolute atomic E-state index is 0.189. The second-order valence-electron chi connectivity index (χ2n) is 6.67. The molecule has 0 aliphatic carbocycles. The molecule has 2 N–H and O–H groups in total. The van der Waals surface area contributed by atoms with Gasteiger partial charge in [-0.15, -0.1) is 11.3 Å². The molecule has 1 aromatic carbocycles. The van der Waals surface area contributed by atoms with E-state index in [1.54, 1.807) is 11.8 Å². The number of carbonyl (C=O) groups excluding carboxylic acids is 2. The summed E-state index contributed by atoms with van der Waals surface area (Å²) in [5.41, 5.74) is 7.35. The number of fused-ring (bicyclic) bond motifs is 1. The molecule has 3 heterocycles. The zero-order chi connectivity index (χ0) is 19.1. The molecule has 2 aromatic heterocycles. The number of hydrogen-bond acceptors (Lipinski definition) is 5. The summed E-state index contributed by atoms with van der Waals surface area (Å²) < 4.78 is 5.73. The Morgan fingerprint density at radius 2 is 2.04 bits per heavy atom. The summed E-state index contributed by atoms with van der Waals surface area (Å²) in [5, 5.41) is 1.93. The lowest BCUT2D eigenvalue weighted by atomic mass is 9.85. The molecule has 3 aromatic rings. The maximum atomic E-state index is 13.3. The lowest BCUT2D eigenvalue weighted by Crippen LogP contribution is -2.45. The maximum Gasteiger partial charge on any atom is 0.280 e. The zero-order valence-corrected chi connectivity index (χ0v) is 15.8. The number of rotatable bonds is 3. The summed E-state index contributed by atoms with van der Waals surface area (Å²) in [6.07, 6.45) is 0.479. The minimum Gasteiger partial charge on any atom is -0.440 e. The van der Waals surface area contributed by atoms with Gasteiger partial charge in [-0.3, -0.25) is 9.59 Å². The number of aryl methyl sites for hydroxylation is 1. The van der Waals surface area contributed by atoms with Crippen molar-refractivity contribution in [2.45, 2.75) is 32.2 Å². The number of nitrogens with zero attached hydrogens (tertiary/aromatic N) is 2. The number of hydrogen-bond donors (Lipinski definition) is 1. The van der Waals surface area contributed by atoms with E-state index in [1.165, 1.54) is 11.3 Å². The van der Waals surface area contributed by atoms with Crippen LogP contribution in [-0.4, -0.2) is 22.8 Å². The fraction of sp³-hybridized carbons (Fsp3) is 0.250. The van der Waals surface area contributed by atoms with Crippen molar-refractivity contribution in [1.29, 1.82) is 0 Å². The Bertz CT molecular complexity index is 1010.